The van der Waals surface area contributed by atoms with E-state index in [1.54, 1.807) is 21.1 Å². The minimum absolute atomic E-state index is 0.202. The Morgan fingerprint density at radius 1 is 1.33 bits per heavy atom. The minimum Gasteiger partial charge on any atom is -0.479 e. The van der Waals surface area contributed by atoms with Crippen LogP contribution in [0.4, 0.5) is 0 Å². The Balaban J connectivity index is 4.04. The lowest BCUT2D eigenvalue weighted by atomic mass is 10.2. The number of aliphatic carboxylic acids is 1. The van der Waals surface area contributed by atoms with Crippen molar-refractivity contribution < 1.29 is 24.6 Å². The van der Waals surface area contributed by atoms with Gasteiger partial charge in [-0.25, -0.2) is 4.79 Å². The van der Waals surface area contributed by atoms with Crippen LogP contribution in [-0.2, 0) is 4.79 Å². The zero-order chi connectivity index (χ0) is 9.94. The van der Waals surface area contributed by atoms with E-state index in [1.807, 2.05) is 0 Å². The summed E-state index contributed by atoms with van der Waals surface area (Å²) in [5.41, 5.74) is 0. The lowest BCUT2D eigenvalue weighted by Crippen LogP contribution is -2.48. The van der Waals surface area contributed by atoms with Gasteiger partial charge in [0.15, 0.2) is 6.10 Å². The molecule has 0 rings (SSSR count). The monoisotopic (exact) mass is 178 g/mol. The van der Waals surface area contributed by atoms with Crippen LogP contribution in [0.15, 0.2) is 0 Å². The number of nitrogens with zero attached hydrogens (tertiary/aromatic N) is 1. The van der Waals surface area contributed by atoms with Gasteiger partial charge in [0.05, 0.1) is 21.1 Å². The first-order valence-corrected chi connectivity index (χ1v) is 3.63. The number of carboxylic acids is 1. The fraction of sp³-hybridized carbons (Fsp3) is 0.857. The SMILES string of the molecule is C[N+](C)(C)CC(O)C(O)C(=O)O. The lowest BCUT2D eigenvalue weighted by molar-refractivity contribution is -0.873. The first kappa shape index (κ1) is 11.4. The summed E-state index contributed by atoms with van der Waals surface area (Å²) in [5, 5.41) is 26.4. The molecule has 12 heavy (non-hydrogen) atoms. The third kappa shape index (κ3) is 4.27. The Labute approximate surface area is 71.4 Å². The first-order valence-electron chi connectivity index (χ1n) is 3.63. The van der Waals surface area contributed by atoms with Crippen LogP contribution < -0.4 is 0 Å². The summed E-state index contributed by atoms with van der Waals surface area (Å²) in [6.07, 6.45) is -2.91. The van der Waals surface area contributed by atoms with E-state index in [0.717, 1.165) is 0 Å². The van der Waals surface area contributed by atoms with Gasteiger partial charge < -0.3 is 19.8 Å². The van der Waals surface area contributed by atoms with Gasteiger partial charge in [-0.15, -0.1) is 0 Å². The molecule has 0 aromatic heterocycles. The molecule has 2 atom stereocenters. The Bertz CT molecular complexity index is 163. The minimum atomic E-state index is -1.69. The van der Waals surface area contributed by atoms with Crippen molar-refractivity contribution in [2.45, 2.75) is 12.2 Å². The second kappa shape index (κ2) is 3.84. The molecule has 0 saturated heterocycles. The summed E-state index contributed by atoms with van der Waals surface area (Å²) in [5.74, 6) is -1.39. The molecule has 72 valence electrons. The van der Waals surface area contributed by atoms with Gasteiger partial charge in [-0.2, -0.15) is 0 Å². The molecule has 0 aliphatic rings. The van der Waals surface area contributed by atoms with Crippen molar-refractivity contribution >= 4 is 5.97 Å². The van der Waals surface area contributed by atoms with Crippen LogP contribution >= 0.6 is 0 Å². The molecule has 0 aromatic rings. The number of hydrogen-bond donors (Lipinski definition) is 3. The van der Waals surface area contributed by atoms with Crippen LogP contribution in [0.25, 0.3) is 0 Å². The summed E-state index contributed by atoms with van der Waals surface area (Å²) in [7, 11) is 5.41. The highest BCUT2D eigenvalue weighted by Gasteiger charge is 2.28. The number of quaternary nitrogens is 1. The van der Waals surface area contributed by atoms with Gasteiger partial charge in [-0.3, -0.25) is 0 Å². The average molecular weight is 178 g/mol. The largest absolute Gasteiger partial charge is 0.479 e. The van der Waals surface area contributed by atoms with Gasteiger partial charge in [0.1, 0.15) is 12.6 Å². The van der Waals surface area contributed by atoms with Crippen molar-refractivity contribution in [2.24, 2.45) is 0 Å². The quantitative estimate of drug-likeness (QED) is 0.458. The predicted molar refractivity (Wildman–Crippen MR) is 42.5 cm³/mol. The normalized spacial score (nSPS) is 17.1. The van der Waals surface area contributed by atoms with Gasteiger partial charge in [-0.05, 0) is 0 Å². The Morgan fingerprint density at radius 2 is 1.75 bits per heavy atom. The summed E-state index contributed by atoms with van der Waals surface area (Å²) in [6.45, 7) is 0.202. The van der Waals surface area contributed by atoms with Crippen LogP contribution in [0.1, 0.15) is 0 Å². The van der Waals surface area contributed by atoms with Crippen molar-refractivity contribution in [3.05, 3.63) is 0 Å². The third-order valence-corrected chi connectivity index (χ3v) is 1.35. The van der Waals surface area contributed by atoms with E-state index in [-0.39, 0.29) is 6.54 Å². The lowest BCUT2D eigenvalue weighted by Gasteiger charge is -2.27. The van der Waals surface area contributed by atoms with E-state index in [2.05, 4.69) is 0 Å². The molecule has 0 saturated carbocycles. The van der Waals surface area contributed by atoms with E-state index in [9.17, 15) is 9.90 Å². The molecule has 0 aliphatic heterocycles. The molecular formula is C7H16NO4+. The fourth-order valence-electron chi connectivity index (χ4n) is 0.826. The maximum absolute atomic E-state index is 10.2. The zero-order valence-corrected chi connectivity index (χ0v) is 7.56. The number of hydrogen-bond acceptors (Lipinski definition) is 3. The topological polar surface area (TPSA) is 77.8 Å². The molecule has 3 N–H and O–H groups in total. The van der Waals surface area contributed by atoms with Crippen molar-refractivity contribution in [1.82, 2.24) is 0 Å². The van der Waals surface area contributed by atoms with E-state index in [1.165, 1.54) is 0 Å². The Kier molecular flexibility index (Phi) is 3.63. The highest BCUT2D eigenvalue weighted by molar-refractivity contribution is 5.72. The standard InChI is InChI=1S/C7H15NO4/c1-8(2,3)4-5(9)6(10)7(11)12/h5-6,9-10H,4H2,1-3H3/p+1. The number of likely N-dealkylation sites (N-methyl/N-ethyl adjacent to an activating group) is 1. The van der Waals surface area contributed by atoms with Crippen LogP contribution in [0.2, 0.25) is 0 Å². The number of aliphatic hydroxyl groups is 2. The van der Waals surface area contributed by atoms with Crippen molar-refractivity contribution in [2.75, 3.05) is 27.7 Å². The van der Waals surface area contributed by atoms with Gasteiger partial charge >= 0.3 is 5.97 Å². The number of carbonyl (C=O) groups is 1. The molecule has 0 heterocycles. The highest BCUT2D eigenvalue weighted by atomic mass is 16.4. The number of rotatable bonds is 4. The van der Waals surface area contributed by atoms with Gasteiger partial charge in [0.25, 0.3) is 0 Å². The van der Waals surface area contributed by atoms with Crippen molar-refractivity contribution in [3.8, 4) is 0 Å². The second-order valence-corrected chi connectivity index (χ2v) is 3.82. The van der Waals surface area contributed by atoms with Gasteiger partial charge in [0, 0.05) is 0 Å². The molecule has 2 unspecified atom stereocenters. The molecule has 0 aliphatic carbocycles. The van der Waals surface area contributed by atoms with Gasteiger partial charge in [-0.1, -0.05) is 0 Å². The summed E-state index contributed by atoms with van der Waals surface area (Å²) in [6, 6.07) is 0. The van der Waals surface area contributed by atoms with E-state index in [0.29, 0.717) is 4.48 Å². The van der Waals surface area contributed by atoms with Crippen LogP contribution in [0, 0.1) is 0 Å². The van der Waals surface area contributed by atoms with Gasteiger partial charge in [0.2, 0.25) is 0 Å². The van der Waals surface area contributed by atoms with Crippen LogP contribution in [0.5, 0.6) is 0 Å². The van der Waals surface area contributed by atoms with E-state index >= 15 is 0 Å². The highest BCUT2D eigenvalue weighted by Crippen LogP contribution is 2.00. The number of carboxylic acid groups (broad SMARTS) is 1. The van der Waals surface area contributed by atoms with Crippen LogP contribution in [0.3, 0.4) is 0 Å². The Hall–Kier alpha value is -0.650. The third-order valence-electron chi connectivity index (χ3n) is 1.35. The molecule has 5 heteroatoms. The first-order chi connectivity index (χ1) is 5.24. The molecule has 0 radical (unpaired) electrons. The molecule has 0 fully saturated rings. The molecule has 0 bridgehead atoms. The van der Waals surface area contributed by atoms with Crippen LogP contribution in [-0.4, -0.2) is 65.7 Å². The molecule has 5 nitrogen and oxygen atoms in total. The van der Waals surface area contributed by atoms with Crippen molar-refractivity contribution in [1.29, 1.82) is 0 Å². The summed E-state index contributed by atoms with van der Waals surface area (Å²) < 4.78 is 0.408. The predicted octanol–water partition coefficient (Wildman–Crippen LogP) is -1.50. The molecule has 0 aromatic carbocycles. The zero-order valence-electron chi connectivity index (χ0n) is 7.56. The summed E-state index contributed by atoms with van der Waals surface area (Å²) in [4.78, 5) is 10.2. The molecule has 0 spiro atoms. The van der Waals surface area contributed by atoms with E-state index < -0.39 is 18.2 Å². The summed E-state index contributed by atoms with van der Waals surface area (Å²) >= 11 is 0. The maximum Gasteiger partial charge on any atom is 0.335 e. The smallest absolute Gasteiger partial charge is 0.335 e. The number of aliphatic hydroxyl groups excluding tert-OH is 2. The molecular weight excluding hydrogens is 162 g/mol. The van der Waals surface area contributed by atoms with Crippen molar-refractivity contribution in [3.63, 3.8) is 0 Å². The fourth-order valence-corrected chi connectivity index (χ4v) is 0.826. The second-order valence-electron chi connectivity index (χ2n) is 3.82. The molecule has 0 amide bonds. The average Bonchev–Trinajstić information content (AvgIpc) is 1.82. The van der Waals surface area contributed by atoms with E-state index in [4.69, 9.17) is 10.2 Å². The Morgan fingerprint density at radius 3 is 2.00 bits per heavy atom. The maximum atomic E-state index is 10.2.